The lowest BCUT2D eigenvalue weighted by atomic mass is 10.1. The summed E-state index contributed by atoms with van der Waals surface area (Å²) in [7, 11) is 0. The van der Waals surface area contributed by atoms with Crippen molar-refractivity contribution in [2.24, 2.45) is 0 Å². The predicted octanol–water partition coefficient (Wildman–Crippen LogP) is -0.0281. The molecule has 1 aliphatic rings. The molecule has 1 saturated heterocycles. The molecule has 0 spiro atoms. The Morgan fingerprint density at radius 2 is 2.57 bits per heavy atom. The minimum atomic E-state index is -0.653. The van der Waals surface area contributed by atoms with Crippen molar-refractivity contribution in [3.8, 4) is 0 Å². The van der Waals surface area contributed by atoms with E-state index in [-0.39, 0.29) is 0 Å². The molecule has 1 unspecified atom stereocenters. The average molecular weight is 101 g/mol. The lowest BCUT2D eigenvalue weighted by Crippen LogP contribution is -2.23. The van der Waals surface area contributed by atoms with Crippen LogP contribution < -0.4 is 0 Å². The van der Waals surface area contributed by atoms with Crippen molar-refractivity contribution in [3.05, 3.63) is 6.42 Å². The Balaban J connectivity index is 2.40. The molecule has 1 atom stereocenters. The largest absolute Gasteiger partial charge is 0.387 e. The molecule has 0 bridgehead atoms. The molecule has 2 heteroatoms. The van der Waals surface area contributed by atoms with Gasteiger partial charge >= 0.3 is 0 Å². The van der Waals surface area contributed by atoms with E-state index in [1.165, 1.54) is 0 Å². The van der Waals surface area contributed by atoms with Gasteiger partial charge in [0.15, 0.2) is 0 Å². The highest BCUT2D eigenvalue weighted by molar-refractivity contribution is 4.93. The molecule has 0 aromatic carbocycles. The van der Waals surface area contributed by atoms with Crippen LogP contribution in [0.5, 0.6) is 0 Å². The molecule has 1 rings (SSSR count). The van der Waals surface area contributed by atoms with Gasteiger partial charge in [0.25, 0.3) is 0 Å². The van der Waals surface area contributed by atoms with Gasteiger partial charge in [0.1, 0.15) is 0 Å². The smallest absolute Gasteiger partial charge is 0.0906 e. The van der Waals surface area contributed by atoms with Crippen molar-refractivity contribution in [1.82, 2.24) is 0 Å². The normalized spacial score (nSPS) is 42.0. The average Bonchev–Trinajstić information content (AvgIpc) is 1.84. The van der Waals surface area contributed by atoms with Crippen LogP contribution in [0.3, 0.4) is 0 Å². The summed E-state index contributed by atoms with van der Waals surface area (Å²) in [5, 5.41) is 9.01. The molecule has 1 aliphatic heterocycles. The zero-order chi connectivity index (χ0) is 5.33. The molecule has 0 aliphatic carbocycles. The molecule has 1 radical (unpaired) electrons. The molecular weight excluding hydrogens is 92.1 g/mol. The van der Waals surface area contributed by atoms with Gasteiger partial charge in [-0.2, -0.15) is 0 Å². The van der Waals surface area contributed by atoms with Crippen LogP contribution in [0.15, 0.2) is 0 Å². The highest BCUT2D eigenvalue weighted by Crippen LogP contribution is 2.14. The van der Waals surface area contributed by atoms with Crippen molar-refractivity contribution in [2.75, 3.05) is 13.2 Å². The van der Waals surface area contributed by atoms with Gasteiger partial charge in [-0.25, -0.2) is 0 Å². The monoisotopic (exact) mass is 101 g/mol. The summed E-state index contributed by atoms with van der Waals surface area (Å²) in [6, 6.07) is 0. The van der Waals surface area contributed by atoms with Gasteiger partial charge < -0.3 is 9.84 Å². The van der Waals surface area contributed by atoms with E-state index in [9.17, 15) is 0 Å². The molecule has 7 heavy (non-hydrogen) atoms. The number of hydrogen-bond acceptors (Lipinski definition) is 2. The van der Waals surface area contributed by atoms with Gasteiger partial charge in [0.2, 0.25) is 0 Å². The summed E-state index contributed by atoms with van der Waals surface area (Å²) in [5.41, 5.74) is -0.653. The van der Waals surface area contributed by atoms with E-state index in [0.29, 0.717) is 13.2 Å². The fourth-order valence-corrected chi connectivity index (χ4v) is 0.563. The Morgan fingerprint density at radius 1 is 1.86 bits per heavy atom. The molecule has 0 aromatic rings. The summed E-state index contributed by atoms with van der Waals surface area (Å²) in [5.74, 6) is 0. The SMILES string of the molecule is CC1(O)[CH]COC1. The van der Waals surface area contributed by atoms with E-state index in [1.807, 2.05) is 0 Å². The fraction of sp³-hybridized carbons (Fsp3) is 0.800. The molecule has 1 heterocycles. The van der Waals surface area contributed by atoms with E-state index in [0.717, 1.165) is 0 Å². The van der Waals surface area contributed by atoms with Crippen molar-refractivity contribution >= 4 is 0 Å². The second-order valence-corrected chi connectivity index (χ2v) is 2.08. The lowest BCUT2D eigenvalue weighted by molar-refractivity contribution is 0.0565. The van der Waals surface area contributed by atoms with Crippen LogP contribution in [-0.2, 0) is 4.74 Å². The van der Waals surface area contributed by atoms with E-state index in [2.05, 4.69) is 0 Å². The molecule has 1 fully saturated rings. The maximum atomic E-state index is 9.01. The van der Waals surface area contributed by atoms with Gasteiger partial charge in [-0.3, -0.25) is 0 Å². The quantitative estimate of drug-likeness (QED) is 0.464. The summed E-state index contributed by atoms with van der Waals surface area (Å²) in [6.45, 7) is 2.78. The fourth-order valence-electron chi connectivity index (χ4n) is 0.563. The molecule has 0 aromatic heterocycles. The van der Waals surface area contributed by atoms with Gasteiger partial charge in [-0.05, 0) is 6.92 Å². The molecule has 1 N–H and O–H groups in total. The van der Waals surface area contributed by atoms with Crippen molar-refractivity contribution in [2.45, 2.75) is 12.5 Å². The Kier molecular flexibility index (Phi) is 1.05. The summed E-state index contributed by atoms with van der Waals surface area (Å²) in [4.78, 5) is 0. The summed E-state index contributed by atoms with van der Waals surface area (Å²) < 4.78 is 4.85. The Labute approximate surface area is 43.1 Å². The molecule has 0 amide bonds. The first-order valence-electron chi connectivity index (χ1n) is 2.35. The molecule has 41 valence electrons. The maximum absolute atomic E-state index is 9.01. The first-order valence-corrected chi connectivity index (χ1v) is 2.35. The highest BCUT2D eigenvalue weighted by Gasteiger charge is 2.25. The molecule has 2 nitrogen and oxygen atoms in total. The van der Waals surface area contributed by atoms with Crippen molar-refractivity contribution in [1.29, 1.82) is 0 Å². The third kappa shape index (κ3) is 1.14. The van der Waals surface area contributed by atoms with E-state index in [4.69, 9.17) is 9.84 Å². The van der Waals surface area contributed by atoms with Gasteiger partial charge in [-0.15, -0.1) is 0 Å². The minimum Gasteiger partial charge on any atom is -0.387 e. The van der Waals surface area contributed by atoms with E-state index < -0.39 is 5.60 Å². The number of aliphatic hydroxyl groups is 1. The number of hydrogen-bond donors (Lipinski definition) is 1. The standard InChI is InChI=1S/C5H9O2/c1-5(6)2-3-7-4-5/h2,6H,3-4H2,1H3. The number of ether oxygens (including phenoxy) is 1. The maximum Gasteiger partial charge on any atom is 0.0906 e. The minimum absolute atomic E-state index is 0.451. The summed E-state index contributed by atoms with van der Waals surface area (Å²) in [6.07, 6.45) is 1.76. The Morgan fingerprint density at radius 3 is 2.71 bits per heavy atom. The second kappa shape index (κ2) is 1.46. The van der Waals surface area contributed by atoms with E-state index >= 15 is 0 Å². The van der Waals surface area contributed by atoms with Crippen LogP contribution in [0, 0.1) is 6.42 Å². The van der Waals surface area contributed by atoms with Crippen molar-refractivity contribution in [3.63, 3.8) is 0 Å². The predicted molar refractivity (Wildman–Crippen MR) is 25.7 cm³/mol. The van der Waals surface area contributed by atoms with Crippen LogP contribution in [0.2, 0.25) is 0 Å². The van der Waals surface area contributed by atoms with Crippen LogP contribution in [-0.4, -0.2) is 23.9 Å². The van der Waals surface area contributed by atoms with Gasteiger partial charge in [-0.1, -0.05) is 0 Å². The van der Waals surface area contributed by atoms with E-state index in [1.54, 1.807) is 13.3 Å². The topological polar surface area (TPSA) is 29.5 Å². The zero-order valence-electron chi connectivity index (χ0n) is 4.35. The third-order valence-electron chi connectivity index (χ3n) is 1.04. The third-order valence-corrected chi connectivity index (χ3v) is 1.04. The van der Waals surface area contributed by atoms with Gasteiger partial charge in [0, 0.05) is 6.42 Å². The zero-order valence-corrected chi connectivity index (χ0v) is 4.35. The first kappa shape index (κ1) is 5.06. The second-order valence-electron chi connectivity index (χ2n) is 2.08. The number of rotatable bonds is 0. The summed E-state index contributed by atoms with van der Waals surface area (Å²) >= 11 is 0. The molecular formula is C5H9O2. The van der Waals surface area contributed by atoms with Crippen LogP contribution in [0.1, 0.15) is 6.92 Å². The van der Waals surface area contributed by atoms with Gasteiger partial charge in [0.05, 0.1) is 18.8 Å². The van der Waals surface area contributed by atoms with Crippen molar-refractivity contribution < 1.29 is 9.84 Å². The Hall–Kier alpha value is -0.0800. The van der Waals surface area contributed by atoms with Crippen LogP contribution in [0.4, 0.5) is 0 Å². The lowest BCUT2D eigenvalue weighted by Gasteiger charge is -2.09. The molecule has 0 saturated carbocycles. The highest BCUT2D eigenvalue weighted by atomic mass is 16.5. The van der Waals surface area contributed by atoms with Crippen LogP contribution in [0.25, 0.3) is 0 Å². The first-order chi connectivity index (χ1) is 3.21. The van der Waals surface area contributed by atoms with Crippen LogP contribution >= 0.6 is 0 Å². The Bertz CT molecular complexity index is 60.5.